The second kappa shape index (κ2) is 5.90. The lowest BCUT2D eigenvalue weighted by atomic mass is 10.2. The van der Waals surface area contributed by atoms with E-state index in [0.29, 0.717) is 11.2 Å². The third kappa shape index (κ3) is 2.05. The molecule has 0 amide bonds. The van der Waals surface area contributed by atoms with Gasteiger partial charge in [0, 0.05) is 11.9 Å². The lowest BCUT2D eigenvalue weighted by molar-refractivity contribution is 0.664. The fourth-order valence-electron chi connectivity index (χ4n) is 4.15. The molecule has 0 saturated heterocycles. The van der Waals surface area contributed by atoms with E-state index in [2.05, 4.69) is 44.2 Å². The van der Waals surface area contributed by atoms with Crippen LogP contribution in [-0.4, -0.2) is 23.9 Å². The van der Waals surface area contributed by atoms with Gasteiger partial charge in [-0.3, -0.25) is 14.0 Å². The number of nitrogens with zero attached hydrogens (tertiary/aromatic N) is 5. The number of hydrogen-bond donors (Lipinski definition) is 0. The number of pyridine rings is 2. The van der Waals surface area contributed by atoms with E-state index in [9.17, 15) is 0 Å². The highest BCUT2D eigenvalue weighted by Crippen LogP contribution is 2.34. The van der Waals surface area contributed by atoms with Gasteiger partial charge in [-0.15, -0.1) is 0 Å². The van der Waals surface area contributed by atoms with Gasteiger partial charge in [-0.2, -0.15) is 0 Å². The van der Waals surface area contributed by atoms with Gasteiger partial charge in [0.2, 0.25) is 5.78 Å². The SMILES string of the molecule is C=Cc1nc2n(-c3ccnc4c3oc3ccc(C)nc34)c3ccccc3n2c1C=C. The van der Waals surface area contributed by atoms with Crippen LogP contribution in [0, 0.1) is 6.92 Å². The van der Waals surface area contributed by atoms with E-state index in [1.165, 1.54) is 0 Å². The molecule has 0 bridgehead atoms. The Kier molecular flexibility index (Phi) is 3.29. The van der Waals surface area contributed by atoms with Crippen LogP contribution in [0.15, 0.2) is 66.2 Å². The molecule has 0 aliphatic rings. The van der Waals surface area contributed by atoms with Crippen molar-refractivity contribution in [2.75, 3.05) is 0 Å². The number of fused-ring (bicyclic) bond motifs is 6. The highest BCUT2D eigenvalue weighted by Gasteiger charge is 2.22. The van der Waals surface area contributed by atoms with Gasteiger partial charge < -0.3 is 4.42 Å². The number of benzene rings is 1. The van der Waals surface area contributed by atoms with Crippen molar-refractivity contribution >= 4 is 51.2 Å². The smallest absolute Gasteiger partial charge is 0.220 e. The maximum absolute atomic E-state index is 6.23. The molecule has 0 fully saturated rings. The topological polar surface area (TPSA) is 61.2 Å². The Balaban J connectivity index is 1.82. The molecule has 5 heterocycles. The van der Waals surface area contributed by atoms with Crippen molar-refractivity contribution in [2.45, 2.75) is 6.92 Å². The zero-order valence-corrected chi connectivity index (χ0v) is 16.3. The molecule has 1 aromatic carbocycles. The zero-order valence-electron chi connectivity index (χ0n) is 16.3. The molecule has 0 saturated carbocycles. The van der Waals surface area contributed by atoms with E-state index in [-0.39, 0.29) is 0 Å². The van der Waals surface area contributed by atoms with Gasteiger partial charge in [0.25, 0.3) is 0 Å². The van der Waals surface area contributed by atoms with E-state index >= 15 is 0 Å². The lowest BCUT2D eigenvalue weighted by Crippen LogP contribution is -1.96. The molecule has 0 aliphatic heterocycles. The molecule has 0 N–H and O–H groups in total. The number of aromatic nitrogens is 5. The van der Waals surface area contributed by atoms with Crippen LogP contribution in [0.3, 0.4) is 0 Å². The summed E-state index contributed by atoms with van der Waals surface area (Å²) in [4.78, 5) is 14.1. The molecule has 30 heavy (non-hydrogen) atoms. The summed E-state index contributed by atoms with van der Waals surface area (Å²) in [7, 11) is 0. The first-order valence-electron chi connectivity index (χ1n) is 9.63. The highest BCUT2D eigenvalue weighted by atomic mass is 16.3. The molecule has 5 aromatic heterocycles. The molecule has 0 spiro atoms. The molecular formula is C24H17N5O. The summed E-state index contributed by atoms with van der Waals surface area (Å²) >= 11 is 0. The maximum Gasteiger partial charge on any atom is 0.220 e. The Hall–Kier alpha value is -4.19. The molecule has 6 aromatic rings. The summed E-state index contributed by atoms with van der Waals surface area (Å²) in [6.45, 7) is 9.86. The van der Waals surface area contributed by atoms with Gasteiger partial charge in [-0.05, 0) is 49.4 Å². The lowest BCUT2D eigenvalue weighted by Gasteiger charge is -2.05. The van der Waals surface area contributed by atoms with Gasteiger partial charge in [-0.1, -0.05) is 25.3 Å². The molecule has 0 aliphatic carbocycles. The van der Waals surface area contributed by atoms with E-state index in [0.717, 1.165) is 50.6 Å². The van der Waals surface area contributed by atoms with Crippen molar-refractivity contribution in [3.63, 3.8) is 0 Å². The van der Waals surface area contributed by atoms with Crippen molar-refractivity contribution in [3.05, 3.63) is 78.9 Å². The van der Waals surface area contributed by atoms with E-state index in [4.69, 9.17) is 9.40 Å². The molecule has 144 valence electrons. The highest BCUT2D eigenvalue weighted by molar-refractivity contribution is 6.03. The second-order valence-electron chi connectivity index (χ2n) is 7.16. The maximum atomic E-state index is 6.23. The van der Waals surface area contributed by atoms with Crippen molar-refractivity contribution < 1.29 is 4.42 Å². The van der Waals surface area contributed by atoms with Crippen molar-refractivity contribution in [2.24, 2.45) is 0 Å². The Labute approximate surface area is 171 Å². The summed E-state index contributed by atoms with van der Waals surface area (Å²) in [6.07, 6.45) is 5.34. The first-order valence-corrected chi connectivity index (χ1v) is 9.63. The minimum absolute atomic E-state index is 0.678. The minimum Gasteiger partial charge on any atom is -0.450 e. The summed E-state index contributed by atoms with van der Waals surface area (Å²) in [5.41, 5.74) is 8.40. The van der Waals surface area contributed by atoms with Crippen LogP contribution in [0.25, 0.3) is 56.8 Å². The van der Waals surface area contributed by atoms with Crippen molar-refractivity contribution in [1.82, 2.24) is 23.9 Å². The van der Waals surface area contributed by atoms with Gasteiger partial charge in [0.05, 0.1) is 28.1 Å². The Morgan fingerprint density at radius 3 is 2.57 bits per heavy atom. The number of rotatable bonds is 3. The first-order chi connectivity index (χ1) is 14.7. The number of para-hydroxylation sites is 2. The Bertz CT molecular complexity index is 1650. The van der Waals surface area contributed by atoms with E-state index < -0.39 is 0 Å². The zero-order chi connectivity index (χ0) is 20.4. The monoisotopic (exact) mass is 391 g/mol. The number of imidazole rings is 2. The third-order valence-electron chi connectivity index (χ3n) is 5.43. The van der Waals surface area contributed by atoms with E-state index in [1.54, 1.807) is 12.3 Å². The Morgan fingerprint density at radius 2 is 1.77 bits per heavy atom. The van der Waals surface area contributed by atoms with Gasteiger partial charge in [0.15, 0.2) is 11.2 Å². The number of furan rings is 1. The van der Waals surface area contributed by atoms with Crippen molar-refractivity contribution in [3.8, 4) is 5.69 Å². The summed E-state index contributed by atoms with van der Waals surface area (Å²) < 4.78 is 10.4. The molecule has 6 rings (SSSR count). The van der Waals surface area contributed by atoms with Crippen LogP contribution >= 0.6 is 0 Å². The fourth-order valence-corrected chi connectivity index (χ4v) is 4.15. The largest absolute Gasteiger partial charge is 0.450 e. The summed E-state index contributed by atoms with van der Waals surface area (Å²) in [5, 5.41) is 0. The molecule has 0 unspecified atom stereocenters. The number of hydrogen-bond acceptors (Lipinski definition) is 4. The van der Waals surface area contributed by atoms with Crippen molar-refractivity contribution in [1.29, 1.82) is 0 Å². The number of aryl methyl sites for hydroxylation is 1. The third-order valence-corrected chi connectivity index (χ3v) is 5.43. The van der Waals surface area contributed by atoms with Crippen LogP contribution in [0.1, 0.15) is 17.1 Å². The van der Waals surface area contributed by atoms with Crippen LogP contribution < -0.4 is 0 Å². The van der Waals surface area contributed by atoms with Gasteiger partial charge in [0.1, 0.15) is 11.0 Å². The average Bonchev–Trinajstić information content (AvgIpc) is 3.41. The molecule has 0 atom stereocenters. The predicted molar refractivity (Wildman–Crippen MR) is 120 cm³/mol. The molecule has 6 heteroatoms. The van der Waals surface area contributed by atoms with Crippen LogP contribution in [-0.2, 0) is 0 Å². The van der Waals surface area contributed by atoms with Gasteiger partial charge in [-0.25, -0.2) is 9.97 Å². The first kappa shape index (κ1) is 16.7. The standard InChI is InChI=1S/C24H17N5O/c1-4-15-16(5-2)28-17-8-6-7-9-18(17)29(24(28)27-15)19-12-13-25-22-21-20(30-23(19)22)11-10-14(3)26-21/h4-13H,1-2H2,3H3. The second-order valence-corrected chi connectivity index (χ2v) is 7.16. The summed E-state index contributed by atoms with van der Waals surface area (Å²) in [5.74, 6) is 0.762. The quantitative estimate of drug-likeness (QED) is 0.396. The van der Waals surface area contributed by atoms with E-state index in [1.807, 2.05) is 43.3 Å². The minimum atomic E-state index is 0.678. The fraction of sp³-hybridized carbons (Fsp3) is 0.0417. The van der Waals surface area contributed by atoms with Crippen LogP contribution in [0.5, 0.6) is 0 Å². The average molecular weight is 391 g/mol. The Morgan fingerprint density at radius 1 is 0.933 bits per heavy atom. The molecular weight excluding hydrogens is 374 g/mol. The normalized spacial score (nSPS) is 11.8. The van der Waals surface area contributed by atoms with Crippen LogP contribution in [0.4, 0.5) is 0 Å². The predicted octanol–water partition coefficient (Wildman–Crippen LogP) is 5.56. The van der Waals surface area contributed by atoms with Crippen LogP contribution in [0.2, 0.25) is 0 Å². The molecule has 0 radical (unpaired) electrons. The van der Waals surface area contributed by atoms with Gasteiger partial charge >= 0.3 is 0 Å². The molecule has 6 nitrogen and oxygen atoms in total. The summed E-state index contributed by atoms with van der Waals surface area (Å²) in [6, 6.07) is 14.0.